The summed E-state index contributed by atoms with van der Waals surface area (Å²) in [7, 11) is 0. The fraction of sp³-hybridized carbons (Fsp3) is 0.455. The van der Waals surface area contributed by atoms with Gasteiger partial charge in [-0.15, -0.1) is 4.91 Å². The summed E-state index contributed by atoms with van der Waals surface area (Å²) in [6.45, 7) is 0. The minimum absolute atomic E-state index is 0.296. The summed E-state index contributed by atoms with van der Waals surface area (Å²) in [5.74, 6) is 0.709. The van der Waals surface area contributed by atoms with Gasteiger partial charge in [-0.1, -0.05) is 12.8 Å². The zero-order valence-corrected chi connectivity index (χ0v) is 7.94. The standard InChI is InChI=1S/C11H13NO2/c13-11-6-5-9(12-14)7-10(11)8-3-1-2-4-8/h5-8,13H,1-4H2. The van der Waals surface area contributed by atoms with E-state index in [9.17, 15) is 10.0 Å². The molecule has 74 valence electrons. The molecule has 1 aromatic rings. The second-order valence-electron chi connectivity index (χ2n) is 3.82. The van der Waals surface area contributed by atoms with Gasteiger partial charge in [0.05, 0.1) is 0 Å². The molecule has 1 aliphatic carbocycles. The van der Waals surface area contributed by atoms with Crippen LogP contribution in [0.5, 0.6) is 5.75 Å². The first kappa shape index (κ1) is 9.19. The monoisotopic (exact) mass is 191 g/mol. The molecule has 0 amide bonds. The van der Waals surface area contributed by atoms with Crippen LogP contribution in [0, 0.1) is 4.91 Å². The molecule has 1 fully saturated rings. The summed E-state index contributed by atoms with van der Waals surface area (Å²) in [6, 6.07) is 4.81. The van der Waals surface area contributed by atoms with E-state index in [4.69, 9.17) is 0 Å². The van der Waals surface area contributed by atoms with E-state index in [1.165, 1.54) is 12.8 Å². The van der Waals surface area contributed by atoms with Gasteiger partial charge in [-0.25, -0.2) is 0 Å². The number of hydrogen-bond donors (Lipinski definition) is 1. The quantitative estimate of drug-likeness (QED) is 0.728. The van der Waals surface area contributed by atoms with Crippen molar-refractivity contribution in [1.82, 2.24) is 0 Å². The van der Waals surface area contributed by atoms with Crippen LogP contribution in [-0.4, -0.2) is 5.11 Å². The Balaban J connectivity index is 2.34. The Morgan fingerprint density at radius 1 is 1.29 bits per heavy atom. The maximum atomic E-state index is 10.4. The summed E-state index contributed by atoms with van der Waals surface area (Å²) in [5, 5.41) is 12.5. The van der Waals surface area contributed by atoms with Crippen LogP contribution in [0.4, 0.5) is 5.69 Å². The predicted molar refractivity (Wildman–Crippen MR) is 54.8 cm³/mol. The fourth-order valence-corrected chi connectivity index (χ4v) is 2.16. The van der Waals surface area contributed by atoms with Crippen molar-refractivity contribution < 1.29 is 5.11 Å². The van der Waals surface area contributed by atoms with Gasteiger partial charge < -0.3 is 5.11 Å². The van der Waals surface area contributed by atoms with Gasteiger partial charge in [-0.05, 0) is 47.7 Å². The van der Waals surface area contributed by atoms with Crippen LogP contribution >= 0.6 is 0 Å². The maximum Gasteiger partial charge on any atom is 0.119 e. The van der Waals surface area contributed by atoms with Crippen molar-refractivity contribution >= 4 is 5.69 Å². The summed E-state index contributed by atoms with van der Waals surface area (Å²) in [4.78, 5) is 10.4. The van der Waals surface area contributed by atoms with E-state index in [2.05, 4.69) is 5.18 Å². The lowest BCUT2D eigenvalue weighted by Gasteiger charge is -2.11. The zero-order valence-electron chi connectivity index (χ0n) is 7.94. The molecule has 2 rings (SSSR count). The molecule has 1 aromatic carbocycles. The Kier molecular flexibility index (Phi) is 2.48. The Bertz CT molecular complexity index is 343. The lowest BCUT2D eigenvalue weighted by atomic mass is 9.96. The molecule has 0 aromatic heterocycles. The van der Waals surface area contributed by atoms with Crippen LogP contribution in [0.25, 0.3) is 0 Å². The zero-order chi connectivity index (χ0) is 9.97. The molecule has 1 N–H and O–H groups in total. The molecular weight excluding hydrogens is 178 g/mol. The van der Waals surface area contributed by atoms with E-state index in [1.54, 1.807) is 18.2 Å². The maximum absolute atomic E-state index is 10.4. The van der Waals surface area contributed by atoms with E-state index < -0.39 is 0 Å². The van der Waals surface area contributed by atoms with E-state index in [1.807, 2.05) is 0 Å². The highest BCUT2D eigenvalue weighted by atomic mass is 16.3. The smallest absolute Gasteiger partial charge is 0.119 e. The number of aromatic hydroxyl groups is 1. The molecule has 0 atom stereocenters. The number of benzene rings is 1. The molecule has 0 bridgehead atoms. The van der Waals surface area contributed by atoms with Crippen molar-refractivity contribution in [2.24, 2.45) is 5.18 Å². The fourth-order valence-electron chi connectivity index (χ4n) is 2.16. The summed E-state index contributed by atoms with van der Waals surface area (Å²) < 4.78 is 0. The van der Waals surface area contributed by atoms with Crippen molar-refractivity contribution in [1.29, 1.82) is 0 Å². The van der Waals surface area contributed by atoms with Gasteiger partial charge >= 0.3 is 0 Å². The molecule has 3 nitrogen and oxygen atoms in total. The first-order valence-electron chi connectivity index (χ1n) is 4.97. The largest absolute Gasteiger partial charge is 0.508 e. The summed E-state index contributed by atoms with van der Waals surface area (Å²) in [6.07, 6.45) is 4.64. The van der Waals surface area contributed by atoms with Crippen molar-refractivity contribution in [2.45, 2.75) is 31.6 Å². The number of nitroso groups, excluding NO2 is 1. The van der Waals surface area contributed by atoms with Gasteiger partial charge in [0.15, 0.2) is 0 Å². The van der Waals surface area contributed by atoms with E-state index in [0.29, 0.717) is 17.4 Å². The van der Waals surface area contributed by atoms with Crippen LogP contribution in [-0.2, 0) is 0 Å². The second-order valence-corrected chi connectivity index (χ2v) is 3.82. The van der Waals surface area contributed by atoms with Gasteiger partial charge in [-0.3, -0.25) is 0 Å². The van der Waals surface area contributed by atoms with Crippen LogP contribution in [0.3, 0.4) is 0 Å². The second kappa shape index (κ2) is 3.78. The number of phenolic OH excluding ortho intramolecular Hbond substituents is 1. The predicted octanol–water partition coefficient (Wildman–Crippen LogP) is 3.45. The van der Waals surface area contributed by atoms with Crippen LogP contribution in [0.2, 0.25) is 0 Å². The number of phenols is 1. The third-order valence-electron chi connectivity index (χ3n) is 2.91. The van der Waals surface area contributed by atoms with E-state index >= 15 is 0 Å². The molecule has 0 heterocycles. The van der Waals surface area contributed by atoms with E-state index in [-0.39, 0.29) is 0 Å². The Morgan fingerprint density at radius 2 is 2.00 bits per heavy atom. The lowest BCUT2D eigenvalue weighted by molar-refractivity contribution is 0.461. The highest BCUT2D eigenvalue weighted by Gasteiger charge is 2.20. The number of rotatable bonds is 2. The SMILES string of the molecule is O=Nc1ccc(O)c(C2CCCC2)c1. The van der Waals surface area contributed by atoms with Gasteiger partial charge in [0, 0.05) is 0 Å². The molecule has 0 spiro atoms. The van der Waals surface area contributed by atoms with Crippen LogP contribution in [0.1, 0.15) is 37.2 Å². The minimum Gasteiger partial charge on any atom is -0.508 e. The van der Waals surface area contributed by atoms with Gasteiger partial charge in [-0.2, -0.15) is 0 Å². The average molecular weight is 191 g/mol. The van der Waals surface area contributed by atoms with Crippen LogP contribution < -0.4 is 0 Å². The van der Waals surface area contributed by atoms with Gasteiger partial charge in [0.25, 0.3) is 0 Å². The minimum atomic E-state index is 0.296. The Hall–Kier alpha value is -1.38. The van der Waals surface area contributed by atoms with Crippen molar-refractivity contribution in [3.8, 4) is 5.75 Å². The van der Waals surface area contributed by atoms with Crippen LogP contribution in [0.15, 0.2) is 23.4 Å². The highest BCUT2D eigenvalue weighted by molar-refractivity contribution is 5.48. The Labute approximate surface area is 82.7 Å². The van der Waals surface area contributed by atoms with Crippen molar-refractivity contribution in [2.75, 3.05) is 0 Å². The topological polar surface area (TPSA) is 49.7 Å². The average Bonchev–Trinajstić information content (AvgIpc) is 2.71. The van der Waals surface area contributed by atoms with Gasteiger partial charge in [0.1, 0.15) is 11.4 Å². The summed E-state index contributed by atoms with van der Waals surface area (Å²) >= 11 is 0. The third-order valence-corrected chi connectivity index (χ3v) is 2.91. The molecular formula is C11H13NO2. The highest BCUT2D eigenvalue weighted by Crippen LogP contribution is 2.39. The first-order valence-corrected chi connectivity index (χ1v) is 4.97. The lowest BCUT2D eigenvalue weighted by Crippen LogP contribution is -1.92. The molecule has 0 saturated heterocycles. The molecule has 1 aliphatic rings. The first-order chi connectivity index (χ1) is 6.81. The van der Waals surface area contributed by atoms with Crippen molar-refractivity contribution in [3.63, 3.8) is 0 Å². The van der Waals surface area contributed by atoms with E-state index in [0.717, 1.165) is 18.4 Å². The number of hydrogen-bond acceptors (Lipinski definition) is 3. The third kappa shape index (κ3) is 1.62. The molecule has 3 heteroatoms. The number of nitrogens with zero attached hydrogens (tertiary/aromatic N) is 1. The molecule has 14 heavy (non-hydrogen) atoms. The van der Waals surface area contributed by atoms with Crippen molar-refractivity contribution in [3.05, 3.63) is 28.7 Å². The Morgan fingerprint density at radius 3 is 2.64 bits per heavy atom. The molecule has 1 saturated carbocycles. The van der Waals surface area contributed by atoms with Gasteiger partial charge in [0.2, 0.25) is 0 Å². The molecule has 0 radical (unpaired) electrons. The molecule has 0 aliphatic heterocycles. The summed E-state index contributed by atoms with van der Waals surface area (Å²) in [5.41, 5.74) is 1.30. The normalized spacial score (nSPS) is 17.1. The molecule has 0 unspecified atom stereocenters.